The smallest absolute Gasteiger partial charge is 0.251 e. The lowest BCUT2D eigenvalue weighted by Crippen LogP contribution is -2.52. The van der Waals surface area contributed by atoms with Gasteiger partial charge in [0.2, 0.25) is 11.8 Å². The zero-order valence-electron chi connectivity index (χ0n) is 24.9. The quantitative estimate of drug-likeness (QED) is 0.222. The van der Waals surface area contributed by atoms with Crippen LogP contribution in [0, 0.1) is 18.7 Å². The Hall–Kier alpha value is -4.70. The molecule has 2 aromatic heterocycles. The standard InChI is InChI=1S/C35H30F3N5O2.ClH/c1-21-14-18-43(41-21)25-10-7-23(8-11-25)33(44)40-30-13-16-35(37,38)20-28(30)34(45)42-17-15-26-31(22-5-3-2-4-6-22)39-29-12-9-24(36)19-27(29)32(26)42;/h2-12,14,18-19,28,30H,13,15-17,20H2,1H3,(H,40,44);1H/t28-,30+;/m0./s1. The van der Waals surface area contributed by atoms with Crippen molar-refractivity contribution in [3.8, 4) is 16.9 Å². The number of fused-ring (bicyclic) bond motifs is 3. The molecule has 0 spiro atoms. The average Bonchev–Trinajstić information content (AvgIpc) is 3.69. The van der Waals surface area contributed by atoms with E-state index in [1.165, 1.54) is 17.0 Å². The maximum Gasteiger partial charge on any atom is 0.251 e. The molecule has 0 bridgehead atoms. The van der Waals surface area contributed by atoms with Gasteiger partial charge in [-0.15, -0.1) is 12.4 Å². The van der Waals surface area contributed by atoms with Crippen molar-refractivity contribution in [2.75, 3.05) is 11.4 Å². The SMILES string of the molecule is Cc1ccn(-c2ccc(C(=O)N[C@@H]3CCC(F)(F)C[C@@H]3C(=O)N3CCc4c(-c5ccccc5)nc5ccc(F)cc5c43)cc2)n1.Cl. The number of amides is 2. The minimum Gasteiger partial charge on any atom is -0.348 e. The number of hydrogen-bond acceptors (Lipinski definition) is 4. The monoisotopic (exact) mass is 645 g/mol. The molecule has 0 unspecified atom stereocenters. The van der Waals surface area contributed by atoms with Crippen molar-refractivity contribution in [3.63, 3.8) is 0 Å². The third-order valence-corrected chi connectivity index (χ3v) is 8.76. The molecular weight excluding hydrogens is 615 g/mol. The highest BCUT2D eigenvalue weighted by Crippen LogP contribution is 2.44. The van der Waals surface area contributed by atoms with Gasteiger partial charge in [0.1, 0.15) is 5.82 Å². The van der Waals surface area contributed by atoms with E-state index in [9.17, 15) is 22.8 Å². The number of rotatable bonds is 5. The van der Waals surface area contributed by atoms with Crippen LogP contribution < -0.4 is 10.2 Å². The molecule has 1 N–H and O–H groups in total. The molecule has 1 aliphatic carbocycles. The Balaban J connectivity index is 0.00000372. The van der Waals surface area contributed by atoms with Crippen LogP contribution in [0.25, 0.3) is 27.8 Å². The maximum absolute atomic E-state index is 14.9. The number of pyridine rings is 1. The fourth-order valence-corrected chi connectivity index (χ4v) is 6.54. The van der Waals surface area contributed by atoms with Gasteiger partial charge in [-0.05, 0) is 68.3 Å². The molecule has 2 amide bonds. The van der Waals surface area contributed by atoms with Crippen molar-refractivity contribution in [1.82, 2.24) is 20.1 Å². The summed E-state index contributed by atoms with van der Waals surface area (Å²) in [5, 5.41) is 7.70. The Labute approximate surface area is 269 Å². The third kappa shape index (κ3) is 5.85. The minimum absolute atomic E-state index is 0. The molecule has 11 heteroatoms. The van der Waals surface area contributed by atoms with Gasteiger partial charge < -0.3 is 10.2 Å². The first-order chi connectivity index (χ1) is 21.7. The van der Waals surface area contributed by atoms with E-state index in [0.717, 1.165) is 22.5 Å². The van der Waals surface area contributed by atoms with Crippen molar-refractivity contribution < 1.29 is 22.8 Å². The molecule has 7 rings (SSSR count). The Morgan fingerprint density at radius 3 is 2.48 bits per heavy atom. The van der Waals surface area contributed by atoms with E-state index in [2.05, 4.69) is 10.4 Å². The van der Waals surface area contributed by atoms with Crippen LogP contribution in [-0.4, -0.2) is 45.1 Å². The number of aromatic nitrogens is 3. The Morgan fingerprint density at radius 1 is 1.00 bits per heavy atom. The number of carbonyl (C=O) groups is 2. The van der Waals surface area contributed by atoms with E-state index in [-0.39, 0.29) is 25.4 Å². The summed E-state index contributed by atoms with van der Waals surface area (Å²) < 4.78 is 46.0. The average molecular weight is 646 g/mol. The molecular formula is C35H31ClF3N5O2. The van der Waals surface area contributed by atoms with Gasteiger partial charge in [-0.2, -0.15) is 5.10 Å². The molecule has 1 fully saturated rings. The molecule has 236 valence electrons. The molecule has 1 saturated carbocycles. The second kappa shape index (κ2) is 12.2. The number of halogens is 4. The van der Waals surface area contributed by atoms with Crippen LogP contribution in [0.5, 0.6) is 0 Å². The predicted molar refractivity (Wildman–Crippen MR) is 172 cm³/mol. The molecule has 1 aliphatic heterocycles. The fourth-order valence-electron chi connectivity index (χ4n) is 6.54. The van der Waals surface area contributed by atoms with Gasteiger partial charge in [-0.25, -0.2) is 22.8 Å². The normalized spacial score (nSPS) is 18.6. The van der Waals surface area contributed by atoms with Gasteiger partial charge in [0.25, 0.3) is 5.91 Å². The number of alkyl halides is 2. The second-order valence-electron chi connectivity index (χ2n) is 11.8. The van der Waals surface area contributed by atoms with Gasteiger partial charge in [0.15, 0.2) is 0 Å². The van der Waals surface area contributed by atoms with E-state index < -0.39 is 48.4 Å². The van der Waals surface area contributed by atoms with Gasteiger partial charge in [-0.1, -0.05) is 30.3 Å². The first-order valence-electron chi connectivity index (χ1n) is 15.0. The number of anilines is 1. The zero-order chi connectivity index (χ0) is 31.3. The summed E-state index contributed by atoms with van der Waals surface area (Å²) in [5.74, 6) is -5.68. The van der Waals surface area contributed by atoms with Crippen LogP contribution in [0.3, 0.4) is 0 Å². The van der Waals surface area contributed by atoms with Crippen LogP contribution >= 0.6 is 12.4 Å². The van der Waals surface area contributed by atoms with E-state index in [4.69, 9.17) is 4.98 Å². The van der Waals surface area contributed by atoms with Crippen molar-refractivity contribution in [1.29, 1.82) is 0 Å². The lowest BCUT2D eigenvalue weighted by Gasteiger charge is -2.37. The number of aryl methyl sites for hydroxylation is 1. The molecule has 7 nitrogen and oxygen atoms in total. The van der Waals surface area contributed by atoms with E-state index in [1.54, 1.807) is 35.0 Å². The first-order valence-corrected chi connectivity index (χ1v) is 15.0. The van der Waals surface area contributed by atoms with Crippen LogP contribution in [0.4, 0.5) is 18.9 Å². The largest absolute Gasteiger partial charge is 0.348 e. The van der Waals surface area contributed by atoms with Gasteiger partial charge >= 0.3 is 0 Å². The summed E-state index contributed by atoms with van der Waals surface area (Å²) in [5.41, 5.74) is 5.25. The summed E-state index contributed by atoms with van der Waals surface area (Å²) >= 11 is 0. The number of hydrogen-bond donors (Lipinski definition) is 1. The maximum atomic E-state index is 14.9. The van der Waals surface area contributed by atoms with Gasteiger partial charge in [0, 0.05) is 53.7 Å². The van der Waals surface area contributed by atoms with Crippen LogP contribution in [0.15, 0.2) is 85.1 Å². The van der Waals surface area contributed by atoms with E-state index >= 15 is 0 Å². The van der Waals surface area contributed by atoms with Crippen LogP contribution in [0.1, 0.15) is 40.9 Å². The van der Waals surface area contributed by atoms with E-state index in [1.807, 2.05) is 49.5 Å². The number of benzene rings is 3. The highest BCUT2D eigenvalue weighted by Gasteiger charge is 2.47. The first kappa shape index (κ1) is 31.3. The molecule has 0 radical (unpaired) electrons. The number of nitrogens with zero attached hydrogens (tertiary/aromatic N) is 4. The van der Waals surface area contributed by atoms with Crippen LogP contribution in [-0.2, 0) is 11.2 Å². The van der Waals surface area contributed by atoms with Crippen molar-refractivity contribution >= 4 is 40.8 Å². The summed E-state index contributed by atoms with van der Waals surface area (Å²) in [6, 6.07) is 21.6. The van der Waals surface area contributed by atoms with Gasteiger partial charge in [0.05, 0.1) is 34.2 Å². The molecule has 3 heterocycles. The lowest BCUT2D eigenvalue weighted by molar-refractivity contribution is -0.131. The van der Waals surface area contributed by atoms with Gasteiger partial charge in [-0.3, -0.25) is 9.59 Å². The minimum atomic E-state index is -3.06. The third-order valence-electron chi connectivity index (χ3n) is 8.76. The molecule has 46 heavy (non-hydrogen) atoms. The Bertz CT molecular complexity index is 1930. The predicted octanol–water partition coefficient (Wildman–Crippen LogP) is 7.08. The summed E-state index contributed by atoms with van der Waals surface area (Å²) in [4.78, 5) is 33.9. The summed E-state index contributed by atoms with van der Waals surface area (Å²) in [7, 11) is 0. The van der Waals surface area contributed by atoms with Crippen LogP contribution in [0.2, 0.25) is 0 Å². The summed E-state index contributed by atoms with van der Waals surface area (Å²) in [6.07, 6.45) is 1.07. The van der Waals surface area contributed by atoms with Crippen molar-refractivity contribution in [3.05, 3.63) is 108 Å². The number of carbonyl (C=O) groups excluding carboxylic acids is 2. The Morgan fingerprint density at radius 2 is 1.76 bits per heavy atom. The number of nitrogens with one attached hydrogen (secondary N) is 1. The topological polar surface area (TPSA) is 80.1 Å². The molecule has 3 aromatic carbocycles. The highest BCUT2D eigenvalue weighted by molar-refractivity contribution is 6.08. The fraction of sp³-hybridized carbons (Fsp3) is 0.257. The zero-order valence-corrected chi connectivity index (χ0v) is 25.7. The van der Waals surface area contributed by atoms with Crippen molar-refractivity contribution in [2.24, 2.45) is 5.92 Å². The molecule has 2 aliphatic rings. The lowest BCUT2D eigenvalue weighted by atomic mass is 9.81. The highest BCUT2D eigenvalue weighted by atomic mass is 35.5. The Kier molecular flexibility index (Phi) is 8.33. The van der Waals surface area contributed by atoms with Crippen molar-refractivity contribution in [2.45, 2.75) is 44.6 Å². The second-order valence-corrected chi connectivity index (χ2v) is 11.8. The molecule has 0 saturated heterocycles. The summed E-state index contributed by atoms with van der Waals surface area (Å²) in [6.45, 7) is 2.12. The molecule has 5 aromatic rings. The van der Waals surface area contributed by atoms with E-state index in [0.29, 0.717) is 34.3 Å². The molecule has 2 atom stereocenters.